The average molecular weight is 396 g/mol. The standard InChI is InChI=1S/C22H25N3O2S/c1-3-10-25(11-16-6-7-16)19(26)12-27-21-20-18(13-28-22(20)24-14-23-21)17-8-4-15(2)5-9-17/h4-5,8-9,13-14,16H,3,6-7,10-12H2,1-2H3. The minimum atomic E-state index is 0.0159. The molecule has 2 heterocycles. The summed E-state index contributed by atoms with van der Waals surface area (Å²) in [5.74, 6) is 1.19. The quantitative estimate of drug-likeness (QED) is 0.555. The molecule has 4 rings (SSSR count). The maximum absolute atomic E-state index is 12.7. The van der Waals surface area contributed by atoms with Crippen molar-refractivity contribution >= 4 is 27.5 Å². The number of benzene rings is 1. The first-order chi connectivity index (χ1) is 13.7. The van der Waals surface area contributed by atoms with Gasteiger partial charge >= 0.3 is 0 Å². The van der Waals surface area contributed by atoms with Crippen LogP contribution in [0.4, 0.5) is 0 Å². The molecule has 28 heavy (non-hydrogen) atoms. The van der Waals surface area contributed by atoms with Gasteiger partial charge in [0.2, 0.25) is 5.88 Å². The Bertz CT molecular complexity index is 964. The molecule has 2 aromatic heterocycles. The van der Waals surface area contributed by atoms with Gasteiger partial charge in [-0.1, -0.05) is 36.8 Å². The summed E-state index contributed by atoms with van der Waals surface area (Å²) >= 11 is 1.57. The summed E-state index contributed by atoms with van der Waals surface area (Å²) in [5, 5.41) is 2.96. The van der Waals surface area contributed by atoms with Crippen molar-refractivity contribution in [1.82, 2.24) is 14.9 Å². The van der Waals surface area contributed by atoms with Crippen molar-refractivity contribution in [1.29, 1.82) is 0 Å². The fourth-order valence-corrected chi connectivity index (χ4v) is 4.23. The zero-order valence-electron chi connectivity index (χ0n) is 16.4. The minimum absolute atomic E-state index is 0.0159. The van der Waals surface area contributed by atoms with E-state index in [4.69, 9.17) is 4.74 Å². The summed E-state index contributed by atoms with van der Waals surface area (Å²) in [7, 11) is 0. The van der Waals surface area contributed by atoms with E-state index < -0.39 is 0 Å². The van der Waals surface area contributed by atoms with E-state index >= 15 is 0 Å². The summed E-state index contributed by atoms with van der Waals surface area (Å²) in [6.07, 6.45) is 4.93. The molecule has 0 unspecified atom stereocenters. The highest BCUT2D eigenvalue weighted by Crippen LogP contribution is 2.37. The van der Waals surface area contributed by atoms with Crippen LogP contribution < -0.4 is 4.74 Å². The summed E-state index contributed by atoms with van der Waals surface area (Å²) < 4.78 is 5.92. The van der Waals surface area contributed by atoms with Crippen LogP contribution in [-0.2, 0) is 4.79 Å². The van der Waals surface area contributed by atoms with Gasteiger partial charge in [-0.3, -0.25) is 4.79 Å². The zero-order valence-corrected chi connectivity index (χ0v) is 17.2. The van der Waals surface area contributed by atoms with Crippen molar-refractivity contribution in [3.63, 3.8) is 0 Å². The number of aromatic nitrogens is 2. The molecule has 0 spiro atoms. The number of fused-ring (bicyclic) bond motifs is 1. The molecule has 1 aliphatic rings. The predicted molar refractivity (Wildman–Crippen MR) is 113 cm³/mol. The predicted octanol–water partition coefficient (Wildman–Crippen LogP) is 4.69. The highest BCUT2D eigenvalue weighted by atomic mass is 32.1. The Labute approximate surface area is 169 Å². The third-order valence-electron chi connectivity index (χ3n) is 5.05. The molecule has 0 N–H and O–H groups in total. The van der Waals surface area contributed by atoms with Gasteiger partial charge in [-0.05, 0) is 37.7 Å². The Hall–Kier alpha value is -2.47. The molecule has 1 fully saturated rings. The van der Waals surface area contributed by atoms with Crippen LogP contribution in [0.3, 0.4) is 0 Å². The molecule has 1 saturated carbocycles. The molecule has 3 aromatic rings. The molecule has 1 amide bonds. The van der Waals surface area contributed by atoms with Gasteiger partial charge in [0, 0.05) is 24.0 Å². The Morgan fingerprint density at radius 3 is 2.75 bits per heavy atom. The van der Waals surface area contributed by atoms with Gasteiger partial charge in [-0.15, -0.1) is 11.3 Å². The number of carbonyl (C=O) groups excluding carboxylic acids is 1. The largest absolute Gasteiger partial charge is 0.467 e. The lowest BCUT2D eigenvalue weighted by Crippen LogP contribution is -2.37. The third-order valence-corrected chi connectivity index (χ3v) is 5.94. The number of amides is 1. The lowest BCUT2D eigenvalue weighted by molar-refractivity contribution is -0.133. The summed E-state index contributed by atoms with van der Waals surface area (Å²) in [6, 6.07) is 8.37. The van der Waals surface area contributed by atoms with E-state index in [9.17, 15) is 4.79 Å². The minimum Gasteiger partial charge on any atom is -0.467 e. The van der Waals surface area contributed by atoms with Crippen LogP contribution in [0.5, 0.6) is 5.88 Å². The first-order valence-electron chi connectivity index (χ1n) is 9.85. The van der Waals surface area contributed by atoms with Gasteiger partial charge in [-0.25, -0.2) is 9.97 Å². The molecule has 0 radical (unpaired) electrons. The smallest absolute Gasteiger partial charge is 0.260 e. The molecule has 1 aromatic carbocycles. The molecule has 0 bridgehead atoms. The number of ether oxygens (including phenoxy) is 1. The summed E-state index contributed by atoms with van der Waals surface area (Å²) in [5.41, 5.74) is 3.36. The Balaban J connectivity index is 1.55. The van der Waals surface area contributed by atoms with Gasteiger partial charge in [0.25, 0.3) is 5.91 Å². The molecular formula is C22H25N3O2S. The second kappa shape index (κ2) is 8.27. The molecule has 5 nitrogen and oxygen atoms in total. The topological polar surface area (TPSA) is 55.3 Å². The highest BCUT2D eigenvalue weighted by molar-refractivity contribution is 7.17. The van der Waals surface area contributed by atoms with Crippen molar-refractivity contribution in [2.45, 2.75) is 33.1 Å². The van der Waals surface area contributed by atoms with Crippen molar-refractivity contribution in [2.75, 3.05) is 19.7 Å². The number of aryl methyl sites for hydroxylation is 1. The van der Waals surface area contributed by atoms with Crippen molar-refractivity contribution in [3.05, 3.63) is 41.5 Å². The van der Waals surface area contributed by atoms with Crippen LogP contribution in [0.25, 0.3) is 21.3 Å². The van der Waals surface area contributed by atoms with Gasteiger partial charge in [0.1, 0.15) is 11.2 Å². The number of nitrogens with zero attached hydrogens (tertiary/aromatic N) is 3. The van der Waals surface area contributed by atoms with Crippen LogP contribution in [0.2, 0.25) is 0 Å². The number of rotatable bonds is 8. The average Bonchev–Trinajstić information content (AvgIpc) is 3.42. The van der Waals surface area contributed by atoms with E-state index in [-0.39, 0.29) is 12.5 Å². The highest BCUT2D eigenvalue weighted by Gasteiger charge is 2.26. The van der Waals surface area contributed by atoms with Crippen LogP contribution in [0, 0.1) is 12.8 Å². The van der Waals surface area contributed by atoms with Gasteiger partial charge in [-0.2, -0.15) is 0 Å². The number of hydrogen-bond acceptors (Lipinski definition) is 5. The lowest BCUT2D eigenvalue weighted by atomic mass is 10.0. The number of thiophene rings is 1. The molecule has 146 valence electrons. The van der Waals surface area contributed by atoms with Gasteiger partial charge in [0.05, 0.1) is 5.39 Å². The van der Waals surface area contributed by atoms with Crippen LogP contribution in [0.1, 0.15) is 31.7 Å². The Kier molecular flexibility index (Phi) is 5.57. The van der Waals surface area contributed by atoms with E-state index in [1.807, 2.05) is 4.90 Å². The van der Waals surface area contributed by atoms with E-state index in [2.05, 4.69) is 53.5 Å². The molecule has 0 aliphatic heterocycles. The normalized spacial score (nSPS) is 13.6. The van der Waals surface area contributed by atoms with Crippen LogP contribution in [0.15, 0.2) is 36.0 Å². The van der Waals surface area contributed by atoms with E-state index in [1.165, 1.54) is 24.7 Å². The summed E-state index contributed by atoms with van der Waals surface area (Å²) in [4.78, 5) is 24.2. The van der Waals surface area contributed by atoms with Crippen molar-refractivity contribution < 1.29 is 9.53 Å². The van der Waals surface area contributed by atoms with Gasteiger partial charge in [0.15, 0.2) is 6.61 Å². The second-order valence-electron chi connectivity index (χ2n) is 7.45. The Morgan fingerprint density at radius 2 is 2.04 bits per heavy atom. The first kappa shape index (κ1) is 18.9. The lowest BCUT2D eigenvalue weighted by Gasteiger charge is -2.22. The number of carbonyl (C=O) groups is 1. The molecule has 0 atom stereocenters. The number of hydrogen-bond donors (Lipinski definition) is 0. The maximum Gasteiger partial charge on any atom is 0.260 e. The molecule has 0 saturated heterocycles. The van der Waals surface area contributed by atoms with Gasteiger partial charge < -0.3 is 9.64 Å². The molecule has 1 aliphatic carbocycles. The van der Waals surface area contributed by atoms with Crippen LogP contribution in [-0.4, -0.2) is 40.5 Å². The molecule has 6 heteroatoms. The van der Waals surface area contributed by atoms with E-state index in [0.717, 1.165) is 40.9 Å². The van der Waals surface area contributed by atoms with Crippen LogP contribution >= 0.6 is 11.3 Å². The Morgan fingerprint density at radius 1 is 1.25 bits per heavy atom. The maximum atomic E-state index is 12.7. The van der Waals surface area contributed by atoms with Crippen molar-refractivity contribution in [3.8, 4) is 17.0 Å². The zero-order chi connectivity index (χ0) is 19.5. The van der Waals surface area contributed by atoms with Crippen molar-refractivity contribution in [2.24, 2.45) is 5.92 Å². The second-order valence-corrected chi connectivity index (χ2v) is 8.30. The van der Waals surface area contributed by atoms with E-state index in [0.29, 0.717) is 11.8 Å². The first-order valence-corrected chi connectivity index (χ1v) is 10.7. The SMILES string of the molecule is CCCN(CC1CC1)C(=O)COc1ncnc2scc(-c3ccc(C)cc3)c12. The fourth-order valence-electron chi connectivity index (χ4n) is 3.32. The third kappa shape index (κ3) is 4.17. The summed E-state index contributed by atoms with van der Waals surface area (Å²) in [6.45, 7) is 5.82. The monoisotopic (exact) mass is 395 g/mol. The molecular weight excluding hydrogens is 370 g/mol. The van der Waals surface area contributed by atoms with E-state index in [1.54, 1.807) is 11.3 Å². The fraction of sp³-hybridized carbons (Fsp3) is 0.409.